The molecule has 0 fully saturated rings. The first-order valence-electron chi connectivity index (χ1n) is 6.78. The van der Waals surface area contributed by atoms with Crippen LogP contribution in [-0.2, 0) is 11.3 Å². The third-order valence-electron chi connectivity index (χ3n) is 2.73. The number of hydrogen-bond donors (Lipinski definition) is 2. The minimum absolute atomic E-state index is 0.0896. The summed E-state index contributed by atoms with van der Waals surface area (Å²) in [5.41, 5.74) is 5.32. The van der Waals surface area contributed by atoms with Crippen LogP contribution < -0.4 is 15.6 Å². The van der Waals surface area contributed by atoms with Crippen LogP contribution >= 0.6 is 27.3 Å². The summed E-state index contributed by atoms with van der Waals surface area (Å²) in [6.07, 6.45) is -0.747. The van der Waals surface area contributed by atoms with Gasteiger partial charge < -0.3 is 9.47 Å². The van der Waals surface area contributed by atoms with E-state index in [9.17, 15) is 9.59 Å². The highest BCUT2D eigenvalue weighted by molar-refractivity contribution is 9.10. The minimum Gasteiger partial charge on any atom is -0.492 e. The van der Waals surface area contributed by atoms with Crippen molar-refractivity contribution in [2.75, 3.05) is 6.61 Å². The van der Waals surface area contributed by atoms with Crippen LogP contribution in [0, 0.1) is 0 Å². The normalized spacial score (nSPS) is 10.0. The van der Waals surface area contributed by atoms with E-state index in [1.807, 2.05) is 31.2 Å². The van der Waals surface area contributed by atoms with Gasteiger partial charge in [0.05, 0.1) is 6.61 Å². The number of carbonyl (C=O) groups is 2. The molecule has 6 nitrogen and oxygen atoms in total. The molecule has 0 aliphatic rings. The van der Waals surface area contributed by atoms with E-state index in [2.05, 4.69) is 26.8 Å². The van der Waals surface area contributed by atoms with Gasteiger partial charge in [0.1, 0.15) is 17.2 Å². The first-order chi connectivity index (χ1) is 11.1. The van der Waals surface area contributed by atoms with Gasteiger partial charge in [-0.1, -0.05) is 34.1 Å². The molecule has 23 heavy (non-hydrogen) atoms. The molecule has 1 heterocycles. The zero-order chi connectivity index (χ0) is 16.7. The molecule has 0 radical (unpaired) electrons. The van der Waals surface area contributed by atoms with Crippen molar-refractivity contribution >= 4 is 39.3 Å². The summed E-state index contributed by atoms with van der Waals surface area (Å²) in [7, 11) is 0. The number of benzene rings is 1. The van der Waals surface area contributed by atoms with E-state index in [0.29, 0.717) is 17.2 Å². The maximum atomic E-state index is 12.0. The van der Waals surface area contributed by atoms with Gasteiger partial charge in [-0.05, 0) is 24.4 Å². The van der Waals surface area contributed by atoms with Crippen LogP contribution in [0.2, 0.25) is 0 Å². The summed E-state index contributed by atoms with van der Waals surface area (Å²) in [5.74, 6) is 0.0275. The van der Waals surface area contributed by atoms with Gasteiger partial charge in [0, 0.05) is 10.0 Å². The minimum atomic E-state index is -0.747. The number of amides is 2. The predicted octanol–water partition coefficient (Wildman–Crippen LogP) is 3.48. The molecule has 1 aromatic heterocycles. The number of ether oxygens (including phenoxy) is 2. The third kappa shape index (κ3) is 4.97. The molecule has 8 heteroatoms. The molecule has 0 unspecified atom stereocenters. The van der Waals surface area contributed by atoms with Crippen LogP contribution in [0.15, 0.2) is 40.2 Å². The van der Waals surface area contributed by atoms with Crippen LogP contribution in [-0.4, -0.2) is 18.6 Å². The van der Waals surface area contributed by atoms with Gasteiger partial charge in [-0.15, -0.1) is 11.3 Å². The first-order valence-corrected chi connectivity index (χ1v) is 8.46. The quantitative estimate of drug-likeness (QED) is 0.755. The molecular formula is C15H15BrN2O4S. The Kier molecular flexibility index (Phi) is 6.42. The van der Waals surface area contributed by atoms with Crippen molar-refractivity contribution < 1.29 is 19.1 Å². The van der Waals surface area contributed by atoms with Gasteiger partial charge in [0.15, 0.2) is 0 Å². The lowest BCUT2D eigenvalue weighted by Crippen LogP contribution is -2.41. The molecule has 0 saturated heterocycles. The van der Waals surface area contributed by atoms with Gasteiger partial charge in [0.25, 0.3) is 5.91 Å². The standard InChI is InChI=1S/C15H15BrN2O4S/c1-2-21-12-7-8-23-13(12)14(19)17-18-15(20)22-9-10-5-3-4-6-11(10)16/h3-8H,2,9H2,1H3,(H,17,19)(H,18,20). The predicted molar refractivity (Wildman–Crippen MR) is 90.4 cm³/mol. The molecule has 0 aliphatic heterocycles. The van der Waals surface area contributed by atoms with Crippen LogP contribution in [0.4, 0.5) is 4.79 Å². The average Bonchev–Trinajstić information content (AvgIpc) is 3.00. The molecule has 0 saturated carbocycles. The van der Waals surface area contributed by atoms with Gasteiger partial charge in [-0.2, -0.15) is 0 Å². The van der Waals surface area contributed by atoms with Crippen molar-refractivity contribution in [2.24, 2.45) is 0 Å². The molecule has 0 spiro atoms. The van der Waals surface area contributed by atoms with E-state index >= 15 is 0 Å². The highest BCUT2D eigenvalue weighted by atomic mass is 79.9. The van der Waals surface area contributed by atoms with Crippen molar-refractivity contribution in [3.8, 4) is 5.75 Å². The maximum Gasteiger partial charge on any atom is 0.426 e. The van der Waals surface area contributed by atoms with Crippen molar-refractivity contribution in [2.45, 2.75) is 13.5 Å². The van der Waals surface area contributed by atoms with E-state index in [1.54, 1.807) is 11.4 Å². The van der Waals surface area contributed by atoms with Crippen molar-refractivity contribution in [3.05, 3.63) is 50.6 Å². The van der Waals surface area contributed by atoms with E-state index in [1.165, 1.54) is 11.3 Å². The third-order valence-corrected chi connectivity index (χ3v) is 4.40. The Balaban J connectivity index is 1.81. The summed E-state index contributed by atoms with van der Waals surface area (Å²) >= 11 is 4.59. The Morgan fingerprint density at radius 3 is 2.74 bits per heavy atom. The number of thiophene rings is 1. The highest BCUT2D eigenvalue weighted by Gasteiger charge is 2.15. The van der Waals surface area contributed by atoms with Gasteiger partial charge >= 0.3 is 6.09 Å². The van der Waals surface area contributed by atoms with Crippen LogP contribution in [0.5, 0.6) is 5.75 Å². The summed E-state index contributed by atoms with van der Waals surface area (Å²) in [6.45, 7) is 2.38. The Morgan fingerprint density at radius 1 is 1.22 bits per heavy atom. The number of carbonyl (C=O) groups excluding carboxylic acids is 2. The largest absolute Gasteiger partial charge is 0.492 e. The molecule has 1 aromatic carbocycles. The van der Waals surface area contributed by atoms with Gasteiger partial charge in [-0.3, -0.25) is 10.2 Å². The number of hydrazine groups is 1. The fraction of sp³-hybridized carbons (Fsp3) is 0.200. The Labute approximate surface area is 145 Å². The second-order valence-electron chi connectivity index (χ2n) is 4.29. The van der Waals surface area contributed by atoms with Crippen LogP contribution in [0.1, 0.15) is 22.2 Å². The van der Waals surface area contributed by atoms with E-state index in [0.717, 1.165) is 10.0 Å². The van der Waals surface area contributed by atoms with Crippen molar-refractivity contribution in [1.29, 1.82) is 0 Å². The van der Waals surface area contributed by atoms with Crippen molar-refractivity contribution in [3.63, 3.8) is 0 Å². The van der Waals surface area contributed by atoms with E-state index in [-0.39, 0.29) is 6.61 Å². The Bertz CT molecular complexity index is 690. The number of halogens is 1. The highest BCUT2D eigenvalue weighted by Crippen LogP contribution is 2.24. The number of hydrogen-bond acceptors (Lipinski definition) is 5. The average molecular weight is 399 g/mol. The number of rotatable bonds is 5. The molecular weight excluding hydrogens is 384 g/mol. The molecule has 2 aromatic rings. The van der Waals surface area contributed by atoms with Crippen molar-refractivity contribution in [1.82, 2.24) is 10.9 Å². The lowest BCUT2D eigenvalue weighted by Gasteiger charge is -2.09. The SMILES string of the molecule is CCOc1ccsc1C(=O)NNC(=O)OCc1ccccc1Br. The lowest BCUT2D eigenvalue weighted by atomic mass is 10.2. The van der Waals surface area contributed by atoms with E-state index in [4.69, 9.17) is 9.47 Å². The van der Waals surface area contributed by atoms with E-state index < -0.39 is 12.0 Å². The fourth-order valence-corrected chi connectivity index (χ4v) is 2.82. The fourth-order valence-electron chi connectivity index (χ4n) is 1.69. The Hall–Kier alpha value is -2.06. The number of nitrogens with one attached hydrogen (secondary N) is 2. The summed E-state index contributed by atoms with van der Waals surface area (Å²) in [6, 6.07) is 9.09. The Morgan fingerprint density at radius 2 is 2.00 bits per heavy atom. The van der Waals surface area contributed by atoms with Crippen LogP contribution in [0.3, 0.4) is 0 Å². The van der Waals surface area contributed by atoms with Gasteiger partial charge in [0.2, 0.25) is 0 Å². The zero-order valence-corrected chi connectivity index (χ0v) is 14.7. The zero-order valence-electron chi connectivity index (χ0n) is 12.3. The molecule has 122 valence electrons. The van der Waals surface area contributed by atoms with Gasteiger partial charge in [-0.25, -0.2) is 10.2 Å². The monoisotopic (exact) mass is 398 g/mol. The summed E-state index contributed by atoms with van der Waals surface area (Å²) < 4.78 is 11.2. The molecule has 2 N–H and O–H groups in total. The van der Waals surface area contributed by atoms with Crippen LogP contribution in [0.25, 0.3) is 0 Å². The second-order valence-corrected chi connectivity index (χ2v) is 6.06. The molecule has 0 aliphatic carbocycles. The summed E-state index contributed by atoms with van der Waals surface area (Å²) in [4.78, 5) is 24.0. The topological polar surface area (TPSA) is 76.7 Å². The molecule has 0 atom stereocenters. The first kappa shape index (κ1) is 17.3. The molecule has 2 amide bonds. The second kappa shape index (κ2) is 8.54. The maximum absolute atomic E-state index is 12.0. The molecule has 0 bridgehead atoms. The lowest BCUT2D eigenvalue weighted by molar-refractivity contribution is 0.0905. The molecule has 2 rings (SSSR count). The summed E-state index contributed by atoms with van der Waals surface area (Å²) in [5, 5.41) is 1.74. The smallest absolute Gasteiger partial charge is 0.426 e.